The first-order valence-electron chi connectivity index (χ1n) is 8.19. The van der Waals surface area contributed by atoms with Crippen molar-refractivity contribution >= 4 is 12.0 Å². The number of benzene rings is 2. The van der Waals surface area contributed by atoms with Crippen LogP contribution in [-0.4, -0.2) is 30.8 Å². The number of alkyl carbamates (subject to hydrolysis) is 1. The van der Waals surface area contributed by atoms with Gasteiger partial charge in [0.05, 0.1) is 0 Å². The molecule has 0 aliphatic rings. The molecule has 5 nitrogen and oxygen atoms in total. The van der Waals surface area contributed by atoms with E-state index in [1.807, 2.05) is 6.07 Å². The van der Waals surface area contributed by atoms with Crippen molar-refractivity contribution in [1.29, 1.82) is 0 Å². The number of nitrogens with one attached hydrogen (secondary N) is 2. The number of hydrogen-bond donors (Lipinski definition) is 2. The van der Waals surface area contributed by atoms with Crippen LogP contribution in [-0.2, 0) is 22.6 Å². The molecule has 2 aromatic rings. The Morgan fingerprint density at radius 2 is 1.48 bits per heavy atom. The van der Waals surface area contributed by atoms with Crippen molar-refractivity contribution in [3.05, 3.63) is 71.8 Å². The minimum atomic E-state index is -4.54. The first-order valence-corrected chi connectivity index (χ1v) is 8.19. The van der Waals surface area contributed by atoms with E-state index in [9.17, 15) is 22.8 Å². The Labute approximate surface area is 154 Å². The van der Waals surface area contributed by atoms with Gasteiger partial charge in [-0.15, -0.1) is 0 Å². The van der Waals surface area contributed by atoms with Crippen LogP contribution in [0.15, 0.2) is 60.7 Å². The van der Waals surface area contributed by atoms with E-state index in [1.165, 1.54) is 0 Å². The topological polar surface area (TPSA) is 67.4 Å². The van der Waals surface area contributed by atoms with E-state index in [2.05, 4.69) is 5.32 Å². The van der Waals surface area contributed by atoms with Crippen LogP contribution in [0.3, 0.4) is 0 Å². The normalized spacial score (nSPS) is 12.1. The van der Waals surface area contributed by atoms with E-state index >= 15 is 0 Å². The summed E-state index contributed by atoms with van der Waals surface area (Å²) in [5.74, 6) is -0.937. The first-order chi connectivity index (χ1) is 12.8. The number of halogens is 3. The molecule has 8 heteroatoms. The van der Waals surface area contributed by atoms with Gasteiger partial charge in [-0.25, -0.2) is 4.79 Å². The molecule has 0 aromatic heterocycles. The maximum atomic E-state index is 12.4. The molecule has 0 fully saturated rings. The number of hydrogen-bond acceptors (Lipinski definition) is 3. The maximum Gasteiger partial charge on any atom is 0.408 e. The molecular formula is C19H19F3N2O3. The highest BCUT2D eigenvalue weighted by Gasteiger charge is 2.30. The fourth-order valence-electron chi connectivity index (χ4n) is 2.28. The quantitative estimate of drug-likeness (QED) is 0.775. The Morgan fingerprint density at radius 3 is 2.04 bits per heavy atom. The van der Waals surface area contributed by atoms with Crippen molar-refractivity contribution in [3.8, 4) is 0 Å². The highest BCUT2D eigenvalue weighted by Crippen LogP contribution is 2.12. The van der Waals surface area contributed by atoms with Gasteiger partial charge < -0.3 is 15.4 Å². The van der Waals surface area contributed by atoms with Crippen LogP contribution < -0.4 is 10.6 Å². The number of ether oxygens (including phenoxy) is 1. The second kappa shape index (κ2) is 9.61. The minimum Gasteiger partial charge on any atom is -0.445 e. The summed E-state index contributed by atoms with van der Waals surface area (Å²) in [5, 5.41) is 4.12. The molecule has 0 spiro atoms. The summed E-state index contributed by atoms with van der Waals surface area (Å²) in [5.41, 5.74) is 1.43. The van der Waals surface area contributed by atoms with Crippen molar-refractivity contribution in [1.82, 2.24) is 10.6 Å². The van der Waals surface area contributed by atoms with Gasteiger partial charge >= 0.3 is 12.3 Å². The number of carbonyl (C=O) groups excluding carboxylic acids is 2. The van der Waals surface area contributed by atoms with E-state index < -0.39 is 30.8 Å². The van der Waals surface area contributed by atoms with Crippen LogP contribution in [0.25, 0.3) is 0 Å². The molecule has 2 N–H and O–H groups in total. The molecule has 0 saturated heterocycles. The molecule has 1 atom stereocenters. The highest BCUT2D eigenvalue weighted by molar-refractivity contribution is 5.85. The number of amides is 2. The van der Waals surface area contributed by atoms with Gasteiger partial charge in [-0.05, 0) is 11.1 Å². The zero-order chi connectivity index (χ0) is 19.7. The second-order valence-electron chi connectivity index (χ2n) is 5.78. The molecule has 2 rings (SSSR count). The molecule has 0 aliphatic heterocycles. The summed E-state index contributed by atoms with van der Waals surface area (Å²) in [6, 6.07) is 16.3. The third kappa shape index (κ3) is 7.81. The second-order valence-corrected chi connectivity index (χ2v) is 5.78. The predicted octanol–water partition coefficient (Wildman–Crippen LogP) is 3.20. The van der Waals surface area contributed by atoms with E-state index in [-0.39, 0.29) is 13.0 Å². The van der Waals surface area contributed by atoms with Crippen molar-refractivity contribution in [2.75, 3.05) is 6.54 Å². The Balaban J connectivity index is 1.97. The summed E-state index contributed by atoms with van der Waals surface area (Å²) in [6.45, 7) is -1.49. The Bertz CT molecular complexity index is 737. The Morgan fingerprint density at radius 1 is 0.926 bits per heavy atom. The third-order valence-corrected chi connectivity index (χ3v) is 3.57. The molecule has 0 heterocycles. The van der Waals surface area contributed by atoms with Crippen LogP contribution in [0.1, 0.15) is 11.1 Å². The van der Waals surface area contributed by atoms with Gasteiger partial charge in [-0.2, -0.15) is 13.2 Å². The van der Waals surface area contributed by atoms with E-state index in [0.717, 1.165) is 5.56 Å². The number of alkyl halides is 3. The molecule has 0 radical (unpaired) electrons. The molecule has 2 aromatic carbocycles. The molecule has 144 valence electrons. The van der Waals surface area contributed by atoms with Gasteiger partial charge in [0.2, 0.25) is 5.91 Å². The van der Waals surface area contributed by atoms with E-state index in [0.29, 0.717) is 5.56 Å². The van der Waals surface area contributed by atoms with Gasteiger partial charge in [-0.1, -0.05) is 60.7 Å². The van der Waals surface area contributed by atoms with Crippen LogP contribution in [0.5, 0.6) is 0 Å². The fourth-order valence-corrected chi connectivity index (χ4v) is 2.28. The molecule has 27 heavy (non-hydrogen) atoms. The third-order valence-electron chi connectivity index (χ3n) is 3.57. The number of rotatable bonds is 7. The van der Waals surface area contributed by atoms with Crippen molar-refractivity contribution in [2.45, 2.75) is 25.2 Å². The average Bonchev–Trinajstić information content (AvgIpc) is 2.65. The standard InChI is InChI=1S/C19H19F3N2O3/c20-19(21,22)13-23-17(25)16(11-14-7-3-1-4-8-14)24-18(26)27-12-15-9-5-2-6-10-15/h1-10,16H,11-13H2,(H,23,25)(H,24,26)/t16-/m1/s1. The van der Waals surface area contributed by atoms with Crippen LogP contribution in [0.2, 0.25) is 0 Å². The Hall–Kier alpha value is -3.03. The molecular weight excluding hydrogens is 361 g/mol. The highest BCUT2D eigenvalue weighted by atomic mass is 19.4. The van der Waals surface area contributed by atoms with Gasteiger partial charge in [0.25, 0.3) is 0 Å². The lowest BCUT2D eigenvalue weighted by Crippen LogP contribution is -2.50. The lowest BCUT2D eigenvalue weighted by atomic mass is 10.1. The van der Waals surface area contributed by atoms with Crippen molar-refractivity contribution in [3.63, 3.8) is 0 Å². The summed E-state index contributed by atoms with van der Waals surface area (Å²) >= 11 is 0. The number of carbonyl (C=O) groups is 2. The van der Waals surface area contributed by atoms with Gasteiger partial charge in [-0.3, -0.25) is 4.79 Å². The van der Waals surface area contributed by atoms with Gasteiger partial charge in [0.15, 0.2) is 0 Å². The smallest absolute Gasteiger partial charge is 0.408 e. The fraction of sp³-hybridized carbons (Fsp3) is 0.263. The average molecular weight is 380 g/mol. The first kappa shape index (κ1) is 20.3. The maximum absolute atomic E-state index is 12.4. The SMILES string of the molecule is O=C(N[C@H](Cc1ccccc1)C(=O)NCC(F)(F)F)OCc1ccccc1. The van der Waals surface area contributed by atoms with E-state index in [1.54, 1.807) is 59.9 Å². The zero-order valence-corrected chi connectivity index (χ0v) is 14.3. The van der Waals surface area contributed by atoms with Crippen molar-refractivity contribution < 1.29 is 27.5 Å². The molecule has 2 amide bonds. The lowest BCUT2D eigenvalue weighted by molar-refractivity contribution is -0.139. The monoisotopic (exact) mass is 380 g/mol. The van der Waals surface area contributed by atoms with Gasteiger partial charge in [0.1, 0.15) is 19.2 Å². The largest absolute Gasteiger partial charge is 0.445 e. The summed E-state index contributed by atoms with van der Waals surface area (Å²) < 4.78 is 42.1. The summed E-state index contributed by atoms with van der Waals surface area (Å²) in [7, 11) is 0. The Kier molecular flexibility index (Phi) is 7.22. The summed E-state index contributed by atoms with van der Waals surface area (Å²) in [4.78, 5) is 24.1. The molecule has 0 saturated carbocycles. The summed E-state index contributed by atoms with van der Waals surface area (Å²) in [6.07, 6.45) is -5.40. The molecule has 0 bridgehead atoms. The van der Waals surface area contributed by atoms with Crippen LogP contribution in [0.4, 0.5) is 18.0 Å². The van der Waals surface area contributed by atoms with E-state index in [4.69, 9.17) is 4.74 Å². The predicted molar refractivity (Wildman–Crippen MR) is 92.8 cm³/mol. The van der Waals surface area contributed by atoms with Crippen LogP contribution >= 0.6 is 0 Å². The van der Waals surface area contributed by atoms with Gasteiger partial charge in [0, 0.05) is 6.42 Å². The molecule has 0 unspecified atom stereocenters. The minimum absolute atomic E-state index is 0.0189. The van der Waals surface area contributed by atoms with Crippen molar-refractivity contribution in [2.24, 2.45) is 0 Å². The zero-order valence-electron chi connectivity index (χ0n) is 14.3. The lowest BCUT2D eigenvalue weighted by Gasteiger charge is -2.19. The molecule has 0 aliphatic carbocycles. The van der Waals surface area contributed by atoms with Crippen LogP contribution in [0, 0.1) is 0 Å².